The number of nitrogens with one attached hydrogen (secondary N) is 1. The van der Waals surface area contributed by atoms with E-state index in [0.29, 0.717) is 22.9 Å². The van der Waals surface area contributed by atoms with Crippen molar-refractivity contribution >= 4 is 29.1 Å². The van der Waals surface area contributed by atoms with Crippen molar-refractivity contribution in [2.75, 3.05) is 18.5 Å². The standard InChI is InChI=1S/C9H14ClN3OS/c1-6(7-3-2-4-14-5-7)11-9-8(10)12-15-13-9/h6-7H,2-5H2,1H3,(H,11,13). The number of hydrogen-bond donors (Lipinski definition) is 1. The number of ether oxygens (including phenoxy) is 1. The van der Waals surface area contributed by atoms with Crippen LogP contribution in [-0.2, 0) is 4.74 Å². The van der Waals surface area contributed by atoms with E-state index in [4.69, 9.17) is 16.3 Å². The predicted molar refractivity (Wildman–Crippen MR) is 61.5 cm³/mol. The zero-order valence-corrected chi connectivity index (χ0v) is 10.1. The van der Waals surface area contributed by atoms with Crippen LogP contribution in [0.25, 0.3) is 0 Å². The van der Waals surface area contributed by atoms with E-state index in [1.807, 2.05) is 0 Å². The van der Waals surface area contributed by atoms with Crippen molar-refractivity contribution in [2.24, 2.45) is 5.92 Å². The second-order valence-electron chi connectivity index (χ2n) is 3.81. The average molecular weight is 248 g/mol. The molecule has 2 rings (SSSR count). The Morgan fingerprint density at radius 1 is 1.60 bits per heavy atom. The van der Waals surface area contributed by atoms with Crippen molar-refractivity contribution in [3.05, 3.63) is 5.15 Å². The summed E-state index contributed by atoms with van der Waals surface area (Å²) in [6.07, 6.45) is 2.34. The average Bonchev–Trinajstić information content (AvgIpc) is 2.66. The molecule has 1 aromatic rings. The minimum absolute atomic E-state index is 0.326. The fourth-order valence-electron chi connectivity index (χ4n) is 1.76. The van der Waals surface area contributed by atoms with Crippen LogP contribution < -0.4 is 5.32 Å². The summed E-state index contributed by atoms with van der Waals surface area (Å²) in [7, 11) is 0. The van der Waals surface area contributed by atoms with Crippen LogP contribution in [0.1, 0.15) is 19.8 Å². The van der Waals surface area contributed by atoms with Gasteiger partial charge in [-0.15, -0.1) is 0 Å². The fraction of sp³-hybridized carbons (Fsp3) is 0.778. The zero-order chi connectivity index (χ0) is 10.7. The number of hydrogen-bond acceptors (Lipinski definition) is 5. The van der Waals surface area contributed by atoms with Gasteiger partial charge in [-0.05, 0) is 19.8 Å². The monoisotopic (exact) mass is 247 g/mol. The first-order valence-electron chi connectivity index (χ1n) is 5.09. The highest BCUT2D eigenvalue weighted by Crippen LogP contribution is 2.23. The van der Waals surface area contributed by atoms with Gasteiger partial charge in [-0.2, -0.15) is 8.75 Å². The van der Waals surface area contributed by atoms with Crippen molar-refractivity contribution in [2.45, 2.75) is 25.8 Å². The third kappa shape index (κ3) is 2.80. The summed E-state index contributed by atoms with van der Waals surface area (Å²) in [6, 6.07) is 0.326. The maximum absolute atomic E-state index is 5.87. The molecule has 1 N–H and O–H groups in total. The van der Waals surface area contributed by atoms with Gasteiger partial charge < -0.3 is 10.1 Å². The molecule has 1 aliphatic rings. The lowest BCUT2D eigenvalue weighted by molar-refractivity contribution is 0.0496. The van der Waals surface area contributed by atoms with Crippen LogP contribution in [0, 0.1) is 5.92 Å². The topological polar surface area (TPSA) is 47.0 Å². The maximum Gasteiger partial charge on any atom is 0.186 e. The highest BCUT2D eigenvalue weighted by Gasteiger charge is 2.21. The Hall–Kier alpha value is -0.390. The summed E-state index contributed by atoms with van der Waals surface area (Å²) < 4.78 is 13.5. The third-order valence-corrected chi connectivity index (χ3v) is 3.61. The van der Waals surface area contributed by atoms with E-state index in [2.05, 4.69) is 21.0 Å². The summed E-state index contributed by atoms with van der Waals surface area (Å²) in [5.74, 6) is 1.23. The number of anilines is 1. The first kappa shape index (κ1) is 11.1. The molecule has 1 aliphatic heterocycles. The van der Waals surface area contributed by atoms with E-state index in [1.54, 1.807) is 0 Å². The summed E-state index contributed by atoms with van der Waals surface area (Å²) in [4.78, 5) is 0. The summed E-state index contributed by atoms with van der Waals surface area (Å²) in [6.45, 7) is 3.85. The molecule has 0 saturated carbocycles. The van der Waals surface area contributed by atoms with E-state index in [-0.39, 0.29) is 0 Å². The van der Waals surface area contributed by atoms with E-state index in [0.717, 1.165) is 31.4 Å². The van der Waals surface area contributed by atoms with Crippen LogP contribution in [0.3, 0.4) is 0 Å². The van der Waals surface area contributed by atoms with Crippen molar-refractivity contribution in [1.29, 1.82) is 0 Å². The summed E-state index contributed by atoms with van der Waals surface area (Å²) in [5, 5.41) is 3.75. The van der Waals surface area contributed by atoms with Gasteiger partial charge in [-0.3, -0.25) is 0 Å². The van der Waals surface area contributed by atoms with Crippen LogP contribution in [0.4, 0.5) is 5.82 Å². The first-order chi connectivity index (χ1) is 7.27. The second kappa shape index (κ2) is 5.09. The lowest BCUT2D eigenvalue weighted by Crippen LogP contribution is -2.32. The molecule has 15 heavy (non-hydrogen) atoms. The second-order valence-corrected chi connectivity index (χ2v) is 4.70. The Morgan fingerprint density at radius 2 is 2.47 bits per heavy atom. The van der Waals surface area contributed by atoms with Crippen LogP contribution in [0.5, 0.6) is 0 Å². The molecular formula is C9H14ClN3OS. The molecule has 1 fully saturated rings. The molecule has 1 aromatic heterocycles. The predicted octanol–water partition coefficient (Wildman–Crippen LogP) is 2.42. The Balaban J connectivity index is 1.91. The van der Waals surface area contributed by atoms with Gasteiger partial charge in [0.15, 0.2) is 11.0 Å². The van der Waals surface area contributed by atoms with E-state index < -0.39 is 0 Å². The third-order valence-electron chi connectivity index (χ3n) is 2.72. The molecule has 0 amide bonds. The van der Waals surface area contributed by atoms with Gasteiger partial charge in [0.05, 0.1) is 18.3 Å². The Kier molecular flexibility index (Phi) is 3.77. The van der Waals surface area contributed by atoms with E-state index >= 15 is 0 Å². The molecular weight excluding hydrogens is 234 g/mol. The molecule has 2 atom stereocenters. The normalized spacial score (nSPS) is 23.7. The zero-order valence-electron chi connectivity index (χ0n) is 8.57. The van der Waals surface area contributed by atoms with Gasteiger partial charge in [-0.25, -0.2) is 0 Å². The van der Waals surface area contributed by atoms with E-state index in [9.17, 15) is 0 Å². The molecule has 84 valence electrons. The van der Waals surface area contributed by atoms with E-state index in [1.165, 1.54) is 6.42 Å². The highest BCUT2D eigenvalue weighted by atomic mass is 35.5. The number of nitrogens with zero attached hydrogens (tertiary/aromatic N) is 2. The van der Waals surface area contributed by atoms with Gasteiger partial charge in [0.25, 0.3) is 0 Å². The quantitative estimate of drug-likeness (QED) is 0.891. The lowest BCUT2D eigenvalue weighted by atomic mass is 9.95. The molecule has 0 bridgehead atoms. The van der Waals surface area contributed by atoms with Crippen LogP contribution >= 0.6 is 23.3 Å². The van der Waals surface area contributed by atoms with Crippen LogP contribution in [0.2, 0.25) is 5.15 Å². The largest absolute Gasteiger partial charge is 0.381 e. The number of aromatic nitrogens is 2. The van der Waals surface area contributed by atoms with Crippen molar-refractivity contribution in [1.82, 2.24) is 8.75 Å². The molecule has 0 radical (unpaired) electrons. The van der Waals surface area contributed by atoms with Crippen LogP contribution in [-0.4, -0.2) is 28.0 Å². The van der Waals surface area contributed by atoms with Gasteiger partial charge in [0, 0.05) is 18.6 Å². The molecule has 0 aliphatic carbocycles. The Morgan fingerprint density at radius 3 is 3.07 bits per heavy atom. The van der Waals surface area contributed by atoms with Gasteiger partial charge >= 0.3 is 0 Å². The highest BCUT2D eigenvalue weighted by molar-refractivity contribution is 6.99. The molecule has 0 spiro atoms. The minimum atomic E-state index is 0.326. The lowest BCUT2D eigenvalue weighted by Gasteiger charge is -2.28. The molecule has 1 saturated heterocycles. The fourth-order valence-corrected chi connectivity index (χ4v) is 2.42. The summed E-state index contributed by atoms with van der Waals surface area (Å²) in [5.41, 5.74) is 0. The molecule has 2 unspecified atom stereocenters. The molecule has 2 heterocycles. The number of rotatable bonds is 3. The van der Waals surface area contributed by atoms with Gasteiger partial charge in [0.2, 0.25) is 0 Å². The molecule has 4 nitrogen and oxygen atoms in total. The van der Waals surface area contributed by atoms with Crippen LogP contribution in [0.15, 0.2) is 0 Å². The van der Waals surface area contributed by atoms with Crippen molar-refractivity contribution in [3.8, 4) is 0 Å². The van der Waals surface area contributed by atoms with Gasteiger partial charge in [-0.1, -0.05) is 11.6 Å². The Labute approximate surface area is 98.3 Å². The summed E-state index contributed by atoms with van der Waals surface area (Å²) >= 11 is 7.00. The van der Waals surface area contributed by atoms with Crippen molar-refractivity contribution in [3.63, 3.8) is 0 Å². The first-order valence-corrected chi connectivity index (χ1v) is 6.20. The minimum Gasteiger partial charge on any atom is -0.381 e. The smallest absolute Gasteiger partial charge is 0.186 e. The number of halogens is 1. The molecule has 6 heteroatoms. The molecule has 0 aromatic carbocycles. The Bertz CT molecular complexity index is 314. The van der Waals surface area contributed by atoms with Gasteiger partial charge in [0.1, 0.15) is 0 Å². The van der Waals surface area contributed by atoms with Crippen molar-refractivity contribution < 1.29 is 4.74 Å². The maximum atomic E-state index is 5.87. The SMILES string of the molecule is CC(Nc1nsnc1Cl)C1CCCOC1.